The molecule has 0 aromatic heterocycles. The first-order valence-corrected chi connectivity index (χ1v) is 10.7. The van der Waals surface area contributed by atoms with Gasteiger partial charge < -0.3 is 23.7 Å². The first-order chi connectivity index (χ1) is 15.0. The second-order valence-corrected chi connectivity index (χ2v) is 7.01. The molecule has 0 spiro atoms. The van der Waals surface area contributed by atoms with Crippen molar-refractivity contribution < 1.29 is 33.3 Å². The number of carbonyl (C=O) groups is 2. The van der Waals surface area contributed by atoms with E-state index in [1.54, 1.807) is 18.2 Å². The molecule has 1 atom stereocenters. The van der Waals surface area contributed by atoms with Crippen LogP contribution in [0.1, 0.15) is 56.0 Å². The Balaban J connectivity index is 2.45. The van der Waals surface area contributed by atoms with E-state index < -0.39 is 5.97 Å². The SMILES string of the molecule is CCOCOc1cc2c(c(OCOCC)c1)C(=O)OC(C)C/C=C\CC/C=C\C(=O)C2. The second-order valence-electron chi connectivity index (χ2n) is 7.01. The van der Waals surface area contributed by atoms with Gasteiger partial charge in [-0.1, -0.05) is 18.2 Å². The Morgan fingerprint density at radius 1 is 0.968 bits per heavy atom. The van der Waals surface area contributed by atoms with Crippen LogP contribution in [-0.4, -0.2) is 44.7 Å². The third-order valence-electron chi connectivity index (χ3n) is 4.49. The van der Waals surface area contributed by atoms with E-state index in [2.05, 4.69) is 0 Å². The fourth-order valence-corrected chi connectivity index (χ4v) is 2.94. The summed E-state index contributed by atoms with van der Waals surface area (Å²) >= 11 is 0. The predicted molar refractivity (Wildman–Crippen MR) is 116 cm³/mol. The second kappa shape index (κ2) is 13.6. The van der Waals surface area contributed by atoms with Gasteiger partial charge in [-0.3, -0.25) is 4.79 Å². The molecule has 1 aliphatic rings. The number of carbonyl (C=O) groups excluding carboxylic acids is 2. The van der Waals surface area contributed by atoms with Gasteiger partial charge >= 0.3 is 5.97 Å². The van der Waals surface area contributed by atoms with Gasteiger partial charge in [0.15, 0.2) is 19.4 Å². The number of ether oxygens (including phenoxy) is 5. The van der Waals surface area contributed by atoms with Gasteiger partial charge in [-0.25, -0.2) is 4.79 Å². The summed E-state index contributed by atoms with van der Waals surface area (Å²) in [6.07, 6.45) is 9.30. The maximum absolute atomic E-state index is 13.1. The van der Waals surface area contributed by atoms with Crippen LogP contribution in [0.15, 0.2) is 36.4 Å². The molecule has 1 unspecified atom stereocenters. The molecule has 0 aliphatic carbocycles. The molecule has 31 heavy (non-hydrogen) atoms. The molecule has 0 fully saturated rings. The summed E-state index contributed by atoms with van der Waals surface area (Å²) in [7, 11) is 0. The lowest BCUT2D eigenvalue weighted by Crippen LogP contribution is -2.19. The molecule has 7 nitrogen and oxygen atoms in total. The first kappa shape index (κ1) is 24.6. The van der Waals surface area contributed by atoms with Crippen LogP contribution in [0.2, 0.25) is 0 Å². The lowest BCUT2D eigenvalue weighted by atomic mass is 10.00. The fourth-order valence-electron chi connectivity index (χ4n) is 2.94. The van der Waals surface area contributed by atoms with Crippen molar-refractivity contribution in [1.82, 2.24) is 0 Å². The largest absolute Gasteiger partial charge is 0.467 e. The molecule has 1 aromatic rings. The molecule has 0 saturated heterocycles. The summed E-state index contributed by atoms with van der Waals surface area (Å²) in [5.74, 6) is 0.00268. The molecule has 0 amide bonds. The number of hydrogen-bond donors (Lipinski definition) is 0. The molecule has 2 rings (SSSR count). The summed E-state index contributed by atoms with van der Waals surface area (Å²) in [5, 5.41) is 0. The van der Waals surface area contributed by atoms with E-state index in [1.165, 1.54) is 0 Å². The van der Waals surface area contributed by atoms with Gasteiger partial charge in [0, 0.05) is 32.1 Å². The van der Waals surface area contributed by atoms with E-state index in [9.17, 15) is 9.59 Å². The van der Waals surface area contributed by atoms with Crippen molar-refractivity contribution in [3.8, 4) is 11.5 Å². The molecule has 0 saturated carbocycles. The monoisotopic (exact) mass is 432 g/mol. The zero-order valence-electron chi connectivity index (χ0n) is 18.6. The Morgan fingerprint density at radius 3 is 2.42 bits per heavy atom. The van der Waals surface area contributed by atoms with Crippen LogP contribution in [-0.2, 0) is 25.4 Å². The highest BCUT2D eigenvalue weighted by atomic mass is 16.7. The topological polar surface area (TPSA) is 80.3 Å². The minimum Gasteiger partial charge on any atom is -0.467 e. The van der Waals surface area contributed by atoms with Crippen LogP contribution >= 0.6 is 0 Å². The van der Waals surface area contributed by atoms with Gasteiger partial charge in [-0.05, 0) is 51.3 Å². The lowest BCUT2D eigenvalue weighted by Gasteiger charge is -2.19. The molecular formula is C24H32O7. The molecular weight excluding hydrogens is 400 g/mol. The summed E-state index contributed by atoms with van der Waals surface area (Å²) in [6, 6.07) is 3.25. The smallest absolute Gasteiger partial charge is 0.342 e. The van der Waals surface area contributed by atoms with Gasteiger partial charge in [0.1, 0.15) is 23.2 Å². The van der Waals surface area contributed by atoms with Crippen LogP contribution in [0.4, 0.5) is 0 Å². The quantitative estimate of drug-likeness (QED) is 0.261. The van der Waals surface area contributed by atoms with Gasteiger partial charge in [-0.2, -0.15) is 0 Å². The number of fused-ring (bicyclic) bond motifs is 1. The van der Waals surface area contributed by atoms with E-state index in [4.69, 9.17) is 23.7 Å². The zero-order chi connectivity index (χ0) is 22.5. The number of allylic oxidation sites excluding steroid dienone is 3. The molecule has 170 valence electrons. The maximum Gasteiger partial charge on any atom is 0.342 e. The third kappa shape index (κ3) is 8.55. The van der Waals surface area contributed by atoms with E-state index in [1.807, 2.05) is 39.0 Å². The van der Waals surface area contributed by atoms with Gasteiger partial charge in [-0.15, -0.1) is 0 Å². The van der Waals surface area contributed by atoms with Crippen molar-refractivity contribution in [2.45, 2.75) is 52.6 Å². The number of cyclic esters (lactones) is 1. The lowest BCUT2D eigenvalue weighted by molar-refractivity contribution is -0.114. The van der Waals surface area contributed by atoms with Crippen LogP contribution in [0.5, 0.6) is 11.5 Å². The van der Waals surface area contributed by atoms with Crippen molar-refractivity contribution in [3.05, 3.63) is 47.6 Å². The van der Waals surface area contributed by atoms with Crippen LogP contribution in [0, 0.1) is 0 Å². The fraction of sp³-hybridized carbons (Fsp3) is 0.500. The Bertz CT molecular complexity index is 782. The Labute approximate surface area is 184 Å². The van der Waals surface area contributed by atoms with Gasteiger partial charge in [0.2, 0.25) is 0 Å². The van der Waals surface area contributed by atoms with E-state index in [0.29, 0.717) is 30.9 Å². The summed E-state index contributed by atoms with van der Waals surface area (Å²) < 4.78 is 27.5. The number of hydrogen-bond acceptors (Lipinski definition) is 7. The summed E-state index contributed by atoms with van der Waals surface area (Å²) in [6.45, 7) is 6.50. The summed E-state index contributed by atoms with van der Waals surface area (Å²) in [5.41, 5.74) is 0.679. The predicted octanol–water partition coefficient (Wildman–Crippen LogP) is 4.39. The van der Waals surface area contributed by atoms with Crippen LogP contribution in [0.3, 0.4) is 0 Å². The Kier molecular flexibility index (Phi) is 10.8. The van der Waals surface area contributed by atoms with Crippen molar-refractivity contribution in [2.75, 3.05) is 26.8 Å². The molecule has 1 aromatic carbocycles. The van der Waals surface area contributed by atoms with Crippen molar-refractivity contribution >= 4 is 11.8 Å². The highest BCUT2D eigenvalue weighted by Gasteiger charge is 2.24. The number of rotatable bonds is 8. The molecule has 0 N–H and O–H groups in total. The number of ketones is 1. The molecule has 1 heterocycles. The van der Waals surface area contributed by atoms with E-state index in [-0.39, 0.29) is 43.2 Å². The summed E-state index contributed by atoms with van der Waals surface area (Å²) in [4.78, 5) is 25.6. The standard InChI is InChI=1S/C24H32O7/c1-4-27-16-29-21-14-19-13-20(25)12-10-8-6-7-9-11-18(3)31-24(26)23(19)22(15-21)30-17-28-5-2/h7,9-10,12,14-15,18H,4-6,8,11,13,16-17H2,1-3H3/b9-7-,12-10-. The van der Waals surface area contributed by atoms with E-state index >= 15 is 0 Å². The number of esters is 1. The Hall–Kier alpha value is -2.64. The Morgan fingerprint density at radius 2 is 1.68 bits per heavy atom. The normalized spacial score (nSPS) is 19.6. The van der Waals surface area contributed by atoms with E-state index in [0.717, 1.165) is 12.8 Å². The average Bonchev–Trinajstić information content (AvgIpc) is 2.72. The van der Waals surface area contributed by atoms with Crippen LogP contribution in [0.25, 0.3) is 0 Å². The van der Waals surface area contributed by atoms with Crippen molar-refractivity contribution in [3.63, 3.8) is 0 Å². The van der Waals surface area contributed by atoms with Gasteiger partial charge in [0.25, 0.3) is 0 Å². The molecule has 7 heteroatoms. The molecule has 1 aliphatic heterocycles. The van der Waals surface area contributed by atoms with Gasteiger partial charge in [0.05, 0.1) is 0 Å². The first-order valence-electron chi connectivity index (χ1n) is 10.7. The molecule has 0 radical (unpaired) electrons. The zero-order valence-corrected chi connectivity index (χ0v) is 18.6. The average molecular weight is 433 g/mol. The maximum atomic E-state index is 13.1. The number of benzene rings is 1. The minimum absolute atomic E-state index is 0.0159. The highest BCUT2D eigenvalue weighted by Crippen LogP contribution is 2.31. The third-order valence-corrected chi connectivity index (χ3v) is 4.49. The van der Waals surface area contributed by atoms with Crippen molar-refractivity contribution in [2.24, 2.45) is 0 Å². The molecule has 0 bridgehead atoms. The highest BCUT2D eigenvalue weighted by molar-refractivity contribution is 5.98. The van der Waals surface area contributed by atoms with Crippen LogP contribution < -0.4 is 9.47 Å². The minimum atomic E-state index is -0.549. The van der Waals surface area contributed by atoms with Crippen molar-refractivity contribution in [1.29, 1.82) is 0 Å².